The second-order valence-electron chi connectivity index (χ2n) is 5.98. The highest BCUT2D eigenvalue weighted by atomic mass is 35.5. The third kappa shape index (κ3) is 5.11. The topological polar surface area (TPSA) is 74.2 Å². The van der Waals surface area contributed by atoms with Crippen LogP contribution in [0.15, 0.2) is 60.7 Å². The smallest absolute Gasteiger partial charge is 0.152 e. The Labute approximate surface area is 176 Å². The molecule has 29 heavy (non-hydrogen) atoms. The van der Waals surface area contributed by atoms with Crippen molar-refractivity contribution in [2.75, 3.05) is 0 Å². The third-order valence-corrected chi connectivity index (χ3v) is 4.61. The van der Waals surface area contributed by atoms with Crippen LogP contribution in [0.25, 0.3) is 0 Å². The third-order valence-electron chi connectivity index (χ3n) is 4.12. The van der Waals surface area contributed by atoms with E-state index in [9.17, 15) is 9.18 Å². The van der Waals surface area contributed by atoms with Crippen LogP contribution in [0.1, 0.15) is 33.1 Å². The fraction of sp³-hybridized carbons (Fsp3) is 0.0476. The Kier molecular flexibility index (Phi) is 6.81. The number of carbonyl (C=O) groups excluding carboxylic acids is 1. The molecule has 3 aromatic carbocycles. The minimum absolute atomic E-state index is 0.0823. The highest BCUT2D eigenvalue weighted by Gasteiger charge is 2.18. The van der Waals surface area contributed by atoms with Crippen molar-refractivity contribution in [1.29, 1.82) is 5.26 Å². The zero-order valence-corrected chi connectivity index (χ0v) is 16.3. The number of carbonyl (C=O) groups is 1. The molecule has 0 saturated carbocycles. The fourth-order valence-corrected chi connectivity index (χ4v) is 3.01. The van der Waals surface area contributed by atoms with Crippen molar-refractivity contribution in [3.8, 4) is 11.8 Å². The Bertz CT molecular complexity index is 1070. The predicted molar refractivity (Wildman–Crippen MR) is 108 cm³/mol. The molecule has 8 heteroatoms. The first-order valence-electron chi connectivity index (χ1n) is 8.39. The lowest BCUT2D eigenvalue weighted by atomic mass is 9.95. The molecule has 0 spiro atoms. The minimum atomic E-state index is -0.693. The number of hydrogen-bond acceptors (Lipinski definition) is 5. The van der Waals surface area contributed by atoms with E-state index in [0.717, 1.165) is 11.6 Å². The van der Waals surface area contributed by atoms with Crippen LogP contribution in [0.4, 0.5) is 4.39 Å². The number of rotatable bonds is 7. The van der Waals surface area contributed by atoms with Gasteiger partial charge < -0.3 is 4.84 Å². The van der Waals surface area contributed by atoms with Crippen LogP contribution in [-0.2, 0) is 0 Å². The van der Waals surface area contributed by atoms with Crippen molar-refractivity contribution in [3.63, 3.8) is 0 Å². The SMILES string of the molecule is N#Cc1ccc(ONNC(c2ccc(Cl)cc2)c2ccc(Cl)cc2C=O)cc1F. The maximum atomic E-state index is 13.7. The van der Waals surface area contributed by atoms with Gasteiger partial charge >= 0.3 is 0 Å². The summed E-state index contributed by atoms with van der Waals surface area (Å²) in [5.41, 5.74) is 7.28. The molecule has 5 nitrogen and oxygen atoms in total. The summed E-state index contributed by atoms with van der Waals surface area (Å²) in [7, 11) is 0. The zero-order chi connectivity index (χ0) is 20.8. The largest absolute Gasteiger partial charge is 0.394 e. The van der Waals surface area contributed by atoms with Gasteiger partial charge in [-0.1, -0.05) is 47.0 Å². The predicted octanol–water partition coefficient (Wildman–Crippen LogP) is 4.99. The Morgan fingerprint density at radius 1 is 1.03 bits per heavy atom. The van der Waals surface area contributed by atoms with E-state index < -0.39 is 11.9 Å². The first kappa shape index (κ1) is 20.8. The molecule has 0 saturated heterocycles. The molecule has 0 fully saturated rings. The number of nitriles is 1. The molecule has 0 heterocycles. The molecule has 146 valence electrons. The molecule has 0 amide bonds. The van der Waals surface area contributed by atoms with E-state index in [0.29, 0.717) is 27.5 Å². The molecular formula is C21H14Cl2FN3O2. The van der Waals surface area contributed by atoms with Crippen LogP contribution >= 0.6 is 23.2 Å². The summed E-state index contributed by atoms with van der Waals surface area (Å²) < 4.78 is 13.7. The fourth-order valence-electron chi connectivity index (χ4n) is 2.70. The second kappa shape index (κ2) is 9.50. The van der Waals surface area contributed by atoms with Gasteiger partial charge in [-0.3, -0.25) is 4.79 Å². The van der Waals surface area contributed by atoms with Crippen molar-refractivity contribution >= 4 is 29.5 Å². The van der Waals surface area contributed by atoms with Crippen LogP contribution in [-0.4, -0.2) is 6.29 Å². The van der Waals surface area contributed by atoms with Gasteiger partial charge in [0.25, 0.3) is 0 Å². The highest BCUT2D eigenvalue weighted by Crippen LogP contribution is 2.27. The van der Waals surface area contributed by atoms with E-state index in [4.69, 9.17) is 33.3 Å². The summed E-state index contributed by atoms with van der Waals surface area (Å²) in [4.78, 5) is 16.9. The van der Waals surface area contributed by atoms with Gasteiger partial charge in [-0.15, -0.1) is 0 Å². The first-order valence-corrected chi connectivity index (χ1v) is 9.14. The lowest BCUT2D eigenvalue weighted by molar-refractivity contribution is 0.111. The van der Waals surface area contributed by atoms with E-state index in [1.165, 1.54) is 12.1 Å². The molecule has 3 rings (SSSR count). The first-order chi connectivity index (χ1) is 14.0. The van der Waals surface area contributed by atoms with E-state index in [1.807, 2.05) is 0 Å². The van der Waals surface area contributed by atoms with Crippen molar-refractivity contribution in [3.05, 3.63) is 98.8 Å². The summed E-state index contributed by atoms with van der Waals surface area (Å²) in [6, 6.07) is 17.1. The molecule has 3 aromatic rings. The van der Waals surface area contributed by atoms with Gasteiger partial charge in [0, 0.05) is 21.7 Å². The second-order valence-corrected chi connectivity index (χ2v) is 6.85. The van der Waals surface area contributed by atoms with E-state index in [2.05, 4.69) is 11.0 Å². The molecule has 1 unspecified atom stereocenters. The Morgan fingerprint density at radius 2 is 1.76 bits per heavy atom. The van der Waals surface area contributed by atoms with Crippen molar-refractivity contribution in [2.24, 2.45) is 0 Å². The van der Waals surface area contributed by atoms with Gasteiger partial charge in [0.1, 0.15) is 18.2 Å². The zero-order valence-electron chi connectivity index (χ0n) is 14.8. The molecular weight excluding hydrogens is 416 g/mol. The van der Waals surface area contributed by atoms with Crippen LogP contribution in [0.2, 0.25) is 10.0 Å². The highest BCUT2D eigenvalue weighted by molar-refractivity contribution is 6.31. The number of aldehydes is 1. The molecule has 0 radical (unpaired) electrons. The molecule has 1 atom stereocenters. The van der Waals surface area contributed by atoms with Crippen LogP contribution in [0, 0.1) is 17.1 Å². The van der Waals surface area contributed by atoms with Gasteiger partial charge in [-0.2, -0.15) is 5.26 Å². The summed E-state index contributed by atoms with van der Waals surface area (Å²) in [5, 5.41) is 9.79. The number of hydrogen-bond donors (Lipinski definition) is 2. The molecule has 2 N–H and O–H groups in total. The van der Waals surface area contributed by atoms with Crippen LogP contribution in [0.5, 0.6) is 5.75 Å². The van der Waals surface area contributed by atoms with Gasteiger partial charge in [-0.25, -0.2) is 9.82 Å². The average Bonchev–Trinajstić information content (AvgIpc) is 2.72. The van der Waals surface area contributed by atoms with Crippen LogP contribution < -0.4 is 15.9 Å². The van der Waals surface area contributed by atoms with E-state index >= 15 is 0 Å². The summed E-state index contributed by atoms with van der Waals surface area (Å²) in [6.45, 7) is 0. The molecule has 0 bridgehead atoms. The molecule has 0 aromatic heterocycles. The number of benzene rings is 3. The van der Waals surface area contributed by atoms with Gasteiger partial charge in [-0.05, 0) is 47.5 Å². The number of halogens is 3. The number of nitrogens with one attached hydrogen (secondary N) is 2. The molecule has 0 aliphatic heterocycles. The Morgan fingerprint density at radius 3 is 2.41 bits per heavy atom. The number of hydrazine groups is 1. The van der Waals surface area contributed by atoms with Crippen molar-refractivity contribution < 1.29 is 14.0 Å². The van der Waals surface area contributed by atoms with E-state index in [1.54, 1.807) is 48.5 Å². The Hall–Kier alpha value is -2.95. The van der Waals surface area contributed by atoms with Gasteiger partial charge in [0.05, 0.1) is 11.6 Å². The lowest BCUT2D eigenvalue weighted by Gasteiger charge is -2.22. The van der Waals surface area contributed by atoms with Crippen molar-refractivity contribution in [1.82, 2.24) is 11.0 Å². The molecule has 0 aliphatic carbocycles. The van der Waals surface area contributed by atoms with Crippen LogP contribution in [0.3, 0.4) is 0 Å². The van der Waals surface area contributed by atoms with Crippen molar-refractivity contribution in [2.45, 2.75) is 6.04 Å². The maximum absolute atomic E-state index is 13.7. The maximum Gasteiger partial charge on any atom is 0.152 e. The van der Waals surface area contributed by atoms with Gasteiger partial charge in [0.2, 0.25) is 0 Å². The summed E-state index contributed by atoms with van der Waals surface area (Å²) >= 11 is 12.0. The quantitative estimate of drug-likeness (QED) is 0.408. The number of nitrogens with zero attached hydrogens (tertiary/aromatic N) is 1. The Balaban J connectivity index is 1.84. The normalized spacial score (nSPS) is 11.5. The summed E-state index contributed by atoms with van der Waals surface area (Å²) in [5.74, 6) is -0.530. The molecule has 0 aliphatic rings. The van der Waals surface area contributed by atoms with Gasteiger partial charge in [0.15, 0.2) is 5.75 Å². The van der Waals surface area contributed by atoms with E-state index in [-0.39, 0.29) is 11.3 Å². The average molecular weight is 430 g/mol. The lowest BCUT2D eigenvalue weighted by Crippen LogP contribution is -2.38. The monoisotopic (exact) mass is 429 g/mol. The standard InChI is InChI=1S/C21H14Cl2FN3O2/c22-16-4-1-13(2-5-16)21(19-8-6-17(23)9-15(19)12-28)26-27-29-18-7-3-14(11-25)20(24)10-18/h1-10,12,21,26-27H. The summed E-state index contributed by atoms with van der Waals surface area (Å²) in [6.07, 6.45) is 0.711. The minimum Gasteiger partial charge on any atom is -0.394 e.